The van der Waals surface area contributed by atoms with Crippen molar-refractivity contribution in [1.82, 2.24) is 15.2 Å². The van der Waals surface area contributed by atoms with Crippen molar-refractivity contribution in [3.8, 4) is 0 Å². The summed E-state index contributed by atoms with van der Waals surface area (Å²) < 4.78 is 80.3. The number of carbonyl (C=O) groups excluding carboxylic acids is 1. The molecule has 17 heteroatoms. The Kier molecular flexibility index (Phi) is 9.07. The van der Waals surface area contributed by atoms with Gasteiger partial charge in [-0.2, -0.15) is 13.2 Å². The second-order valence-corrected chi connectivity index (χ2v) is 11.0. The number of unbranched alkanes of at least 4 members (excludes halogenated alkanes) is 1. The number of likely N-dealkylation sites (tertiary alicyclic amines) is 1. The van der Waals surface area contributed by atoms with Crippen molar-refractivity contribution < 1.29 is 40.7 Å². The summed E-state index contributed by atoms with van der Waals surface area (Å²) in [6, 6.07) is 0.460. The molecule has 1 saturated heterocycles. The highest BCUT2D eigenvalue weighted by Crippen LogP contribution is 2.36. The van der Waals surface area contributed by atoms with Gasteiger partial charge in [0, 0.05) is 31.2 Å². The van der Waals surface area contributed by atoms with Crippen molar-refractivity contribution in [2.45, 2.75) is 36.4 Å². The molecule has 0 saturated carbocycles. The lowest BCUT2D eigenvalue weighted by molar-refractivity contribution is -0.170. The number of sulfonamides is 1. The fourth-order valence-electron chi connectivity index (χ4n) is 3.65. The van der Waals surface area contributed by atoms with E-state index in [9.17, 15) is 35.6 Å². The summed E-state index contributed by atoms with van der Waals surface area (Å²) in [5.41, 5.74) is 0.137. The van der Waals surface area contributed by atoms with Crippen molar-refractivity contribution in [1.29, 1.82) is 0 Å². The number of carbonyl (C=O) groups is 2. The minimum atomic E-state index is -4.60. The van der Waals surface area contributed by atoms with Gasteiger partial charge in [-0.25, -0.2) is 22.6 Å². The molecule has 3 rings (SSSR count). The maximum absolute atomic E-state index is 14.5. The number of nitrogens with zero attached hydrogens (tertiary/aromatic N) is 2. The summed E-state index contributed by atoms with van der Waals surface area (Å²) in [4.78, 5) is 27.1. The number of rotatable bonds is 10. The average molecular weight is 588 g/mol. The van der Waals surface area contributed by atoms with Crippen LogP contribution in [0.1, 0.15) is 19.3 Å². The third-order valence-corrected chi connectivity index (χ3v) is 7.98. The minimum Gasteiger partial charge on any atom is -0.465 e. The van der Waals surface area contributed by atoms with E-state index in [4.69, 9.17) is 16.7 Å². The van der Waals surface area contributed by atoms with Crippen LogP contribution in [0.25, 0.3) is 0 Å². The van der Waals surface area contributed by atoms with Crippen LogP contribution in [-0.4, -0.2) is 67.3 Å². The molecule has 10 nitrogen and oxygen atoms in total. The molecule has 1 aliphatic rings. The van der Waals surface area contributed by atoms with E-state index in [1.54, 1.807) is 5.38 Å². The summed E-state index contributed by atoms with van der Waals surface area (Å²) in [6.45, 7) is -0.471. The molecule has 37 heavy (non-hydrogen) atoms. The van der Waals surface area contributed by atoms with Crippen molar-refractivity contribution >= 4 is 55.8 Å². The normalized spacial score (nSPS) is 18.0. The number of halogens is 5. The Bertz CT molecular complexity index is 1230. The lowest BCUT2D eigenvalue weighted by Gasteiger charge is -2.20. The maximum Gasteiger partial charge on any atom is 0.407 e. The Morgan fingerprint density at radius 1 is 1.24 bits per heavy atom. The zero-order chi connectivity index (χ0) is 27.4. The van der Waals surface area contributed by atoms with Gasteiger partial charge in [0.25, 0.3) is 10.0 Å². The standard InChI is InChI=1S/C20H22ClF4N5O5S2/c21-12-8-16(37(34,35)29-18-28-5-6-36-18)13(22)9-14(12)26-3-1-2-4-27-17(31)15-7-11(20(23,24)25)10-30(15)19(32)33/h5-6,8-9,11,15,26H,1-4,7,10H2,(H,27,31)(H,28,29)(H,32,33)/t11-,15-/m0/s1. The van der Waals surface area contributed by atoms with Gasteiger partial charge in [-0.15, -0.1) is 11.3 Å². The lowest BCUT2D eigenvalue weighted by atomic mass is 10.0. The Morgan fingerprint density at radius 2 is 1.95 bits per heavy atom. The lowest BCUT2D eigenvalue weighted by Crippen LogP contribution is -2.45. The van der Waals surface area contributed by atoms with Crippen LogP contribution in [0.2, 0.25) is 5.02 Å². The highest BCUT2D eigenvalue weighted by atomic mass is 35.5. The first-order chi connectivity index (χ1) is 17.3. The quantitative estimate of drug-likeness (QED) is 0.243. The summed E-state index contributed by atoms with van der Waals surface area (Å²) in [5, 5.41) is 16.0. The van der Waals surface area contributed by atoms with Gasteiger partial charge in [0.15, 0.2) is 5.13 Å². The number of thiazole rings is 1. The Hall–Kier alpha value is -2.85. The number of nitrogens with one attached hydrogen (secondary N) is 3. The fourth-order valence-corrected chi connectivity index (χ4v) is 5.82. The van der Waals surface area contributed by atoms with Gasteiger partial charge in [-0.3, -0.25) is 14.4 Å². The van der Waals surface area contributed by atoms with Gasteiger partial charge in [-0.1, -0.05) is 11.6 Å². The van der Waals surface area contributed by atoms with Crippen LogP contribution in [-0.2, 0) is 14.8 Å². The summed E-state index contributed by atoms with van der Waals surface area (Å²) >= 11 is 7.12. The molecule has 0 unspecified atom stereocenters. The Labute approximate surface area is 218 Å². The van der Waals surface area contributed by atoms with E-state index in [1.165, 1.54) is 6.20 Å². The topological polar surface area (TPSA) is 141 Å². The van der Waals surface area contributed by atoms with Gasteiger partial charge in [0.05, 0.1) is 16.6 Å². The van der Waals surface area contributed by atoms with E-state index in [0.717, 1.165) is 23.5 Å². The van der Waals surface area contributed by atoms with Crippen LogP contribution < -0.4 is 15.4 Å². The van der Waals surface area contributed by atoms with E-state index in [-0.39, 0.29) is 28.9 Å². The molecule has 0 spiro atoms. The molecule has 2 amide bonds. The van der Waals surface area contributed by atoms with Crippen LogP contribution in [0.4, 0.5) is 33.2 Å². The minimum absolute atomic E-state index is 0.0524. The van der Waals surface area contributed by atoms with E-state index in [2.05, 4.69) is 20.3 Å². The van der Waals surface area contributed by atoms with E-state index >= 15 is 0 Å². The maximum atomic E-state index is 14.5. The predicted molar refractivity (Wildman–Crippen MR) is 128 cm³/mol. The third kappa shape index (κ3) is 7.35. The second-order valence-electron chi connectivity index (χ2n) is 8.06. The largest absolute Gasteiger partial charge is 0.465 e. The van der Waals surface area contributed by atoms with Crippen LogP contribution in [0.3, 0.4) is 0 Å². The molecule has 1 aromatic carbocycles. The van der Waals surface area contributed by atoms with Crippen molar-refractivity contribution in [2.24, 2.45) is 5.92 Å². The molecule has 2 atom stereocenters. The second kappa shape index (κ2) is 11.7. The molecule has 0 radical (unpaired) electrons. The van der Waals surface area contributed by atoms with Gasteiger partial charge in [0.2, 0.25) is 5.91 Å². The molecule has 0 bridgehead atoms. The van der Waals surface area contributed by atoms with Crippen molar-refractivity contribution in [3.05, 3.63) is 34.5 Å². The first-order valence-corrected chi connectivity index (χ1v) is 13.5. The number of alkyl halides is 3. The third-order valence-electron chi connectivity index (χ3n) is 5.50. The van der Waals surface area contributed by atoms with Gasteiger partial charge >= 0.3 is 12.3 Å². The van der Waals surface area contributed by atoms with Crippen LogP contribution in [0.15, 0.2) is 28.6 Å². The molecular weight excluding hydrogens is 566 g/mol. The number of aromatic nitrogens is 1. The number of hydrogen-bond acceptors (Lipinski definition) is 7. The average Bonchev–Trinajstić information content (AvgIpc) is 3.47. The van der Waals surface area contributed by atoms with Crippen molar-refractivity contribution in [3.63, 3.8) is 0 Å². The first-order valence-electron chi connectivity index (χ1n) is 10.8. The van der Waals surface area contributed by atoms with Gasteiger partial charge in [-0.05, 0) is 31.4 Å². The molecule has 2 heterocycles. The summed E-state index contributed by atoms with van der Waals surface area (Å²) in [7, 11) is -4.25. The van der Waals surface area contributed by atoms with E-state index in [1.807, 2.05) is 0 Å². The van der Waals surface area contributed by atoms with Crippen molar-refractivity contribution in [2.75, 3.05) is 29.7 Å². The van der Waals surface area contributed by atoms with Gasteiger partial charge in [0.1, 0.15) is 16.8 Å². The number of hydrogen-bond donors (Lipinski definition) is 4. The number of amides is 2. The summed E-state index contributed by atoms with van der Waals surface area (Å²) in [5.74, 6) is -3.76. The molecule has 204 valence electrons. The number of anilines is 2. The monoisotopic (exact) mass is 587 g/mol. The first kappa shape index (κ1) is 28.7. The zero-order valence-corrected chi connectivity index (χ0v) is 21.3. The zero-order valence-electron chi connectivity index (χ0n) is 18.9. The molecule has 2 aromatic rings. The Balaban J connectivity index is 1.46. The molecule has 1 fully saturated rings. The highest BCUT2D eigenvalue weighted by Gasteiger charge is 2.50. The van der Waals surface area contributed by atoms with Crippen LogP contribution in [0.5, 0.6) is 0 Å². The van der Waals surface area contributed by atoms with Gasteiger partial charge < -0.3 is 15.7 Å². The number of carboxylic acid groups (broad SMARTS) is 1. The van der Waals surface area contributed by atoms with Crippen LogP contribution >= 0.6 is 22.9 Å². The van der Waals surface area contributed by atoms with E-state index < -0.39 is 63.8 Å². The number of benzene rings is 1. The predicted octanol–water partition coefficient (Wildman–Crippen LogP) is 3.98. The molecule has 1 aliphatic heterocycles. The molecular formula is C20H22ClF4N5O5S2. The molecule has 0 aliphatic carbocycles. The molecule has 4 N–H and O–H groups in total. The Morgan fingerprint density at radius 3 is 2.57 bits per heavy atom. The SMILES string of the molecule is O=C(NCCCCNc1cc(F)c(S(=O)(=O)Nc2nccs2)cc1Cl)[C@@H]1C[C@H](C(F)(F)F)CN1C(=O)O. The fraction of sp³-hybridized carbons (Fsp3) is 0.450. The summed E-state index contributed by atoms with van der Waals surface area (Å²) in [6.07, 6.45) is -4.67. The smallest absolute Gasteiger partial charge is 0.407 e. The highest BCUT2D eigenvalue weighted by molar-refractivity contribution is 7.93. The molecule has 1 aromatic heterocycles. The van der Waals surface area contributed by atoms with Crippen LogP contribution in [0, 0.1) is 11.7 Å². The van der Waals surface area contributed by atoms with E-state index in [0.29, 0.717) is 17.7 Å².